The maximum absolute atomic E-state index is 12.3. The predicted molar refractivity (Wildman–Crippen MR) is 103 cm³/mol. The van der Waals surface area contributed by atoms with Crippen LogP contribution in [0.15, 0.2) is 24.4 Å². The Labute approximate surface area is 155 Å². The lowest BCUT2D eigenvalue weighted by molar-refractivity contribution is 0.234. The number of rotatable bonds is 8. The summed E-state index contributed by atoms with van der Waals surface area (Å²) in [6.45, 7) is 2.85. The highest BCUT2D eigenvalue weighted by Crippen LogP contribution is 2.27. The average Bonchev–Trinajstić information content (AvgIpc) is 3.10. The molecule has 1 aliphatic rings. The summed E-state index contributed by atoms with van der Waals surface area (Å²) < 4.78 is 1.95. The zero-order valence-corrected chi connectivity index (χ0v) is 15.8. The van der Waals surface area contributed by atoms with E-state index < -0.39 is 0 Å². The molecule has 1 saturated carbocycles. The smallest absolute Gasteiger partial charge is 0.315 e. The first-order valence-corrected chi connectivity index (χ1v) is 10.1. The third kappa shape index (κ3) is 4.96. The highest BCUT2D eigenvalue weighted by Gasteiger charge is 2.19. The van der Waals surface area contributed by atoms with Crippen molar-refractivity contribution < 1.29 is 4.79 Å². The van der Waals surface area contributed by atoms with Gasteiger partial charge in [-0.1, -0.05) is 51.5 Å². The Kier molecular flexibility index (Phi) is 6.86. The Hall–Kier alpha value is -2.11. The van der Waals surface area contributed by atoms with Crippen molar-refractivity contribution in [3.8, 4) is 0 Å². The van der Waals surface area contributed by atoms with Crippen molar-refractivity contribution in [3.05, 3.63) is 30.2 Å². The molecular weight excluding hydrogens is 326 g/mol. The van der Waals surface area contributed by atoms with Gasteiger partial charge in [-0.25, -0.2) is 4.79 Å². The van der Waals surface area contributed by atoms with E-state index in [4.69, 9.17) is 0 Å². The van der Waals surface area contributed by atoms with Crippen LogP contribution in [0.3, 0.4) is 0 Å². The van der Waals surface area contributed by atoms with Crippen molar-refractivity contribution in [3.63, 3.8) is 0 Å². The third-order valence-corrected chi connectivity index (χ3v) is 5.33. The van der Waals surface area contributed by atoms with E-state index >= 15 is 0 Å². The second-order valence-electron chi connectivity index (χ2n) is 7.37. The lowest BCUT2D eigenvalue weighted by Crippen LogP contribution is -2.39. The monoisotopic (exact) mass is 357 g/mol. The first-order chi connectivity index (χ1) is 12.8. The number of nitrogens with zero attached hydrogens (tertiary/aromatic N) is 3. The van der Waals surface area contributed by atoms with Gasteiger partial charge in [-0.2, -0.15) is 0 Å². The molecule has 0 radical (unpaired) electrons. The van der Waals surface area contributed by atoms with Crippen molar-refractivity contribution in [2.75, 3.05) is 6.54 Å². The molecule has 0 spiro atoms. The molecule has 1 aliphatic carbocycles. The van der Waals surface area contributed by atoms with Crippen LogP contribution in [-0.4, -0.2) is 27.2 Å². The topological polar surface area (TPSA) is 71.3 Å². The summed E-state index contributed by atoms with van der Waals surface area (Å²) in [7, 11) is 0. The fourth-order valence-electron chi connectivity index (χ4n) is 3.93. The minimum Gasteiger partial charge on any atom is -0.338 e. The van der Waals surface area contributed by atoms with Gasteiger partial charge in [0.25, 0.3) is 0 Å². The molecule has 0 bridgehead atoms. The Balaban J connectivity index is 1.48. The molecule has 0 aromatic carbocycles. The maximum Gasteiger partial charge on any atom is 0.315 e. The summed E-state index contributed by atoms with van der Waals surface area (Å²) in [4.78, 5) is 12.3. The van der Waals surface area contributed by atoms with Gasteiger partial charge in [-0.15, -0.1) is 10.2 Å². The molecule has 0 saturated heterocycles. The molecular formula is C20H31N5O. The first kappa shape index (κ1) is 18.7. The number of carbonyl (C=O) groups is 1. The molecule has 1 fully saturated rings. The van der Waals surface area contributed by atoms with E-state index in [0.29, 0.717) is 0 Å². The van der Waals surface area contributed by atoms with E-state index in [1.165, 1.54) is 38.5 Å². The van der Waals surface area contributed by atoms with E-state index in [0.717, 1.165) is 43.2 Å². The Morgan fingerprint density at radius 3 is 2.92 bits per heavy atom. The van der Waals surface area contributed by atoms with Crippen LogP contribution in [0.5, 0.6) is 0 Å². The molecule has 0 aliphatic heterocycles. The van der Waals surface area contributed by atoms with Crippen LogP contribution in [0.25, 0.3) is 5.65 Å². The van der Waals surface area contributed by atoms with Crippen molar-refractivity contribution >= 4 is 11.7 Å². The van der Waals surface area contributed by atoms with Gasteiger partial charge < -0.3 is 10.6 Å². The van der Waals surface area contributed by atoms with Gasteiger partial charge in [0, 0.05) is 12.7 Å². The fraction of sp³-hybridized carbons (Fsp3) is 0.650. The van der Waals surface area contributed by atoms with Gasteiger partial charge in [-0.3, -0.25) is 4.40 Å². The van der Waals surface area contributed by atoms with E-state index in [9.17, 15) is 4.79 Å². The van der Waals surface area contributed by atoms with Gasteiger partial charge in [0.2, 0.25) is 0 Å². The summed E-state index contributed by atoms with van der Waals surface area (Å²) in [5.74, 6) is 1.66. The standard InChI is InChI=1S/C20H31N5O/c1-2-9-17(19-24-23-18-13-6-7-15-25(18)19)22-20(26)21-14-8-12-16-10-4-3-5-11-16/h6-7,13,15-17H,2-5,8-12,14H2,1H3,(H2,21,22,26). The molecule has 6 nitrogen and oxygen atoms in total. The molecule has 2 aromatic heterocycles. The molecule has 2 N–H and O–H groups in total. The summed E-state index contributed by atoms with van der Waals surface area (Å²) in [5, 5.41) is 14.6. The molecule has 26 heavy (non-hydrogen) atoms. The summed E-state index contributed by atoms with van der Waals surface area (Å²) >= 11 is 0. The SMILES string of the molecule is CCCC(NC(=O)NCCCC1CCCCC1)c1nnc2ccccn12. The number of hydrogen-bond acceptors (Lipinski definition) is 3. The maximum atomic E-state index is 12.3. The summed E-state index contributed by atoms with van der Waals surface area (Å²) in [6, 6.07) is 5.57. The summed E-state index contributed by atoms with van der Waals surface area (Å²) in [6.07, 6.45) is 12.9. The number of aromatic nitrogens is 3. The number of urea groups is 1. The quantitative estimate of drug-likeness (QED) is 0.695. The van der Waals surface area contributed by atoms with Crippen LogP contribution in [0.4, 0.5) is 4.79 Å². The van der Waals surface area contributed by atoms with Crippen LogP contribution in [0.1, 0.15) is 76.6 Å². The van der Waals surface area contributed by atoms with E-state index in [2.05, 4.69) is 27.8 Å². The van der Waals surface area contributed by atoms with Crippen molar-refractivity contribution in [2.24, 2.45) is 5.92 Å². The molecule has 142 valence electrons. The molecule has 2 amide bonds. The minimum atomic E-state index is -0.129. The molecule has 1 atom stereocenters. The van der Waals surface area contributed by atoms with Crippen LogP contribution in [0, 0.1) is 5.92 Å². The number of hydrogen-bond donors (Lipinski definition) is 2. The highest BCUT2D eigenvalue weighted by molar-refractivity contribution is 5.74. The second-order valence-corrected chi connectivity index (χ2v) is 7.37. The van der Waals surface area contributed by atoms with Crippen LogP contribution in [-0.2, 0) is 0 Å². The normalized spacial score (nSPS) is 16.5. The van der Waals surface area contributed by atoms with Crippen molar-refractivity contribution in [2.45, 2.75) is 70.8 Å². The molecule has 3 rings (SSSR count). The lowest BCUT2D eigenvalue weighted by atomic mass is 9.86. The van der Waals surface area contributed by atoms with E-state index in [1.807, 2.05) is 28.8 Å². The Morgan fingerprint density at radius 2 is 2.12 bits per heavy atom. The number of amides is 2. The number of nitrogens with one attached hydrogen (secondary N) is 2. The van der Waals surface area contributed by atoms with Gasteiger partial charge in [-0.05, 0) is 37.3 Å². The van der Waals surface area contributed by atoms with Crippen LogP contribution in [0.2, 0.25) is 0 Å². The molecule has 6 heteroatoms. The zero-order chi connectivity index (χ0) is 18.2. The Bertz CT molecular complexity index is 692. The van der Waals surface area contributed by atoms with Gasteiger partial charge >= 0.3 is 6.03 Å². The first-order valence-electron chi connectivity index (χ1n) is 10.1. The van der Waals surface area contributed by atoms with Crippen molar-refractivity contribution in [1.29, 1.82) is 0 Å². The predicted octanol–water partition coefficient (Wildman–Crippen LogP) is 4.23. The third-order valence-electron chi connectivity index (χ3n) is 5.33. The summed E-state index contributed by atoms with van der Waals surface area (Å²) in [5.41, 5.74) is 0.804. The molecule has 1 unspecified atom stereocenters. The minimum absolute atomic E-state index is 0.111. The van der Waals surface area contributed by atoms with E-state index in [1.54, 1.807) is 0 Å². The van der Waals surface area contributed by atoms with Gasteiger partial charge in [0.1, 0.15) is 0 Å². The van der Waals surface area contributed by atoms with Crippen LogP contribution >= 0.6 is 0 Å². The molecule has 2 aromatic rings. The number of pyridine rings is 1. The fourth-order valence-corrected chi connectivity index (χ4v) is 3.93. The van der Waals surface area contributed by atoms with Crippen molar-refractivity contribution in [1.82, 2.24) is 25.2 Å². The zero-order valence-electron chi connectivity index (χ0n) is 15.8. The Morgan fingerprint density at radius 1 is 1.27 bits per heavy atom. The molecule has 2 heterocycles. The largest absolute Gasteiger partial charge is 0.338 e. The number of fused-ring (bicyclic) bond motifs is 1. The highest BCUT2D eigenvalue weighted by atomic mass is 16.2. The average molecular weight is 358 g/mol. The number of carbonyl (C=O) groups excluding carboxylic acids is 1. The lowest BCUT2D eigenvalue weighted by Gasteiger charge is -2.21. The van der Waals surface area contributed by atoms with Gasteiger partial charge in [0.05, 0.1) is 6.04 Å². The second kappa shape index (κ2) is 9.55. The van der Waals surface area contributed by atoms with E-state index in [-0.39, 0.29) is 12.1 Å². The van der Waals surface area contributed by atoms with Crippen LogP contribution < -0.4 is 10.6 Å². The van der Waals surface area contributed by atoms with Gasteiger partial charge in [0.15, 0.2) is 11.5 Å².